The maximum absolute atomic E-state index is 12.7. The smallest absolute Gasteiger partial charge is 0.335 e. The van der Waals surface area contributed by atoms with Gasteiger partial charge in [-0.15, -0.1) is 0 Å². The monoisotopic (exact) mass is 380 g/mol. The van der Waals surface area contributed by atoms with E-state index in [2.05, 4.69) is 12.2 Å². The van der Waals surface area contributed by atoms with Crippen molar-refractivity contribution in [2.24, 2.45) is 0 Å². The first kappa shape index (κ1) is 19.6. The number of rotatable bonds is 4. The van der Waals surface area contributed by atoms with Crippen LogP contribution in [0.1, 0.15) is 62.8 Å². The van der Waals surface area contributed by atoms with Crippen molar-refractivity contribution in [3.8, 4) is 0 Å². The zero-order valence-electron chi connectivity index (χ0n) is 16.1. The molecule has 0 aromatic heterocycles. The van der Waals surface area contributed by atoms with Crippen molar-refractivity contribution in [2.45, 2.75) is 39.2 Å². The molecule has 2 aromatic rings. The quantitative estimate of drug-likeness (QED) is 0.840. The summed E-state index contributed by atoms with van der Waals surface area (Å²) in [7, 11) is 0. The van der Waals surface area contributed by atoms with Crippen molar-refractivity contribution in [1.29, 1.82) is 0 Å². The number of benzene rings is 2. The molecule has 1 aliphatic rings. The summed E-state index contributed by atoms with van der Waals surface area (Å²) in [5.41, 5.74) is 2.19. The fourth-order valence-electron chi connectivity index (χ4n) is 3.50. The maximum atomic E-state index is 12.7. The van der Waals surface area contributed by atoms with E-state index in [0.29, 0.717) is 16.8 Å². The lowest BCUT2D eigenvalue weighted by atomic mass is 10.0. The van der Waals surface area contributed by atoms with Gasteiger partial charge in [-0.3, -0.25) is 9.59 Å². The van der Waals surface area contributed by atoms with E-state index in [1.54, 1.807) is 37.3 Å². The van der Waals surface area contributed by atoms with Gasteiger partial charge in [-0.05, 0) is 81.1 Å². The van der Waals surface area contributed by atoms with Gasteiger partial charge in [-0.2, -0.15) is 0 Å². The highest BCUT2D eigenvalue weighted by molar-refractivity contribution is 6.06. The predicted octanol–water partition coefficient (Wildman–Crippen LogP) is 3.96. The second kappa shape index (κ2) is 8.25. The van der Waals surface area contributed by atoms with Crippen LogP contribution in [0.2, 0.25) is 0 Å². The summed E-state index contributed by atoms with van der Waals surface area (Å²) in [5, 5.41) is 11.9. The molecule has 0 saturated carbocycles. The molecule has 6 heteroatoms. The average molecular weight is 380 g/mol. The van der Waals surface area contributed by atoms with Gasteiger partial charge < -0.3 is 15.3 Å². The molecule has 0 spiro atoms. The Labute approximate surface area is 164 Å². The average Bonchev–Trinajstić information content (AvgIpc) is 2.68. The number of nitrogens with one attached hydrogen (secondary N) is 1. The number of nitrogens with zero attached hydrogens (tertiary/aromatic N) is 1. The molecule has 1 aliphatic heterocycles. The van der Waals surface area contributed by atoms with Gasteiger partial charge in [0.2, 0.25) is 0 Å². The normalized spacial score (nSPS) is 16.5. The molecule has 1 fully saturated rings. The number of aryl methyl sites for hydroxylation is 1. The van der Waals surface area contributed by atoms with Crippen molar-refractivity contribution in [2.75, 3.05) is 11.9 Å². The van der Waals surface area contributed by atoms with Crippen LogP contribution >= 0.6 is 0 Å². The summed E-state index contributed by atoms with van der Waals surface area (Å²) in [6.45, 7) is 4.59. The van der Waals surface area contributed by atoms with Gasteiger partial charge in [0.05, 0.1) is 5.56 Å². The second-order valence-corrected chi connectivity index (χ2v) is 7.27. The van der Waals surface area contributed by atoms with Crippen LogP contribution in [-0.4, -0.2) is 40.4 Å². The van der Waals surface area contributed by atoms with Gasteiger partial charge in [0.15, 0.2) is 0 Å². The highest BCUT2D eigenvalue weighted by atomic mass is 16.4. The molecule has 28 heavy (non-hydrogen) atoms. The molecule has 6 nitrogen and oxygen atoms in total. The molecule has 1 heterocycles. The van der Waals surface area contributed by atoms with Crippen LogP contribution in [0.4, 0.5) is 5.69 Å². The third-order valence-corrected chi connectivity index (χ3v) is 5.04. The standard InChI is InChI=1S/C22H24N2O4/c1-14-11-17(13-18(12-14)22(27)28)20(25)23-19-8-6-16(7-9-19)21(26)24-10-4-3-5-15(24)2/h6-9,11-13,15H,3-5,10H2,1-2H3,(H,23,25)(H,27,28). The molecular weight excluding hydrogens is 356 g/mol. The van der Waals surface area contributed by atoms with E-state index in [0.717, 1.165) is 25.8 Å². The third-order valence-electron chi connectivity index (χ3n) is 5.04. The molecule has 1 saturated heterocycles. The number of likely N-dealkylation sites (tertiary alicyclic amines) is 1. The summed E-state index contributed by atoms with van der Waals surface area (Å²) < 4.78 is 0. The summed E-state index contributed by atoms with van der Waals surface area (Å²) >= 11 is 0. The third kappa shape index (κ3) is 4.39. The number of hydrogen-bond acceptors (Lipinski definition) is 3. The fraction of sp³-hybridized carbons (Fsp3) is 0.318. The number of carboxylic acid groups (broad SMARTS) is 1. The summed E-state index contributed by atoms with van der Waals surface area (Å²) in [6, 6.07) is 11.5. The molecule has 1 atom stereocenters. The highest BCUT2D eigenvalue weighted by Crippen LogP contribution is 2.20. The Balaban J connectivity index is 1.71. The molecule has 0 aliphatic carbocycles. The largest absolute Gasteiger partial charge is 0.478 e. The van der Waals surface area contributed by atoms with Crippen LogP contribution in [0.3, 0.4) is 0 Å². The Morgan fingerprint density at radius 2 is 1.68 bits per heavy atom. The zero-order chi connectivity index (χ0) is 20.3. The number of anilines is 1. The van der Waals surface area contributed by atoms with E-state index in [1.165, 1.54) is 12.1 Å². The van der Waals surface area contributed by atoms with Crippen molar-refractivity contribution >= 4 is 23.5 Å². The zero-order valence-corrected chi connectivity index (χ0v) is 16.1. The molecule has 146 valence electrons. The molecule has 2 N–H and O–H groups in total. The first-order chi connectivity index (χ1) is 13.3. The van der Waals surface area contributed by atoms with Gasteiger partial charge in [-0.25, -0.2) is 4.79 Å². The molecule has 0 radical (unpaired) electrons. The van der Waals surface area contributed by atoms with Crippen LogP contribution in [0, 0.1) is 6.92 Å². The Bertz CT molecular complexity index is 905. The first-order valence-electron chi connectivity index (χ1n) is 9.42. The molecule has 1 unspecified atom stereocenters. The lowest BCUT2D eigenvalue weighted by Crippen LogP contribution is -2.42. The Kier molecular flexibility index (Phi) is 5.78. The Morgan fingerprint density at radius 1 is 1.00 bits per heavy atom. The summed E-state index contributed by atoms with van der Waals surface area (Å²) in [6.07, 6.45) is 3.20. The van der Waals surface area contributed by atoms with Gasteiger partial charge in [-0.1, -0.05) is 0 Å². The SMILES string of the molecule is Cc1cc(C(=O)O)cc(C(=O)Nc2ccc(C(=O)N3CCCCC3C)cc2)c1. The summed E-state index contributed by atoms with van der Waals surface area (Å²) in [5.74, 6) is -1.46. The van der Waals surface area contributed by atoms with Crippen molar-refractivity contribution in [1.82, 2.24) is 4.90 Å². The van der Waals surface area contributed by atoms with E-state index >= 15 is 0 Å². The minimum Gasteiger partial charge on any atom is -0.478 e. The minimum absolute atomic E-state index is 0.00913. The first-order valence-corrected chi connectivity index (χ1v) is 9.42. The van der Waals surface area contributed by atoms with Gasteiger partial charge in [0, 0.05) is 29.4 Å². The van der Waals surface area contributed by atoms with E-state index in [1.807, 2.05) is 4.90 Å². The number of carbonyl (C=O) groups is 3. The Morgan fingerprint density at radius 3 is 2.32 bits per heavy atom. The fourth-order valence-corrected chi connectivity index (χ4v) is 3.50. The topological polar surface area (TPSA) is 86.7 Å². The number of piperidine rings is 1. The molecule has 0 bridgehead atoms. The lowest BCUT2D eigenvalue weighted by Gasteiger charge is -2.33. The second-order valence-electron chi connectivity index (χ2n) is 7.27. The number of aromatic carboxylic acids is 1. The van der Waals surface area contributed by atoms with Crippen molar-refractivity contribution in [3.05, 3.63) is 64.7 Å². The number of carbonyl (C=O) groups excluding carboxylic acids is 2. The minimum atomic E-state index is -1.08. The van der Waals surface area contributed by atoms with Crippen molar-refractivity contribution < 1.29 is 19.5 Å². The maximum Gasteiger partial charge on any atom is 0.335 e. The lowest BCUT2D eigenvalue weighted by molar-refractivity contribution is 0.0634. The van der Waals surface area contributed by atoms with Gasteiger partial charge in [0.1, 0.15) is 0 Å². The van der Waals surface area contributed by atoms with Gasteiger partial charge in [0.25, 0.3) is 11.8 Å². The van der Waals surface area contributed by atoms with Crippen molar-refractivity contribution in [3.63, 3.8) is 0 Å². The molecular formula is C22H24N2O4. The van der Waals surface area contributed by atoms with Crippen LogP contribution in [0.15, 0.2) is 42.5 Å². The van der Waals surface area contributed by atoms with Crippen LogP contribution in [0.5, 0.6) is 0 Å². The molecule has 3 rings (SSSR count). The van der Waals surface area contributed by atoms with E-state index in [9.17, 15) is 14.4 Å². The van der Waals surface area contributed by atoms with E-state index in [-0.39, 0.29) is 23.1 Å². The van der Waals surface area contributed by atoms with E-state index in [4.69, 9.17) is 5.11 Å². The number of hydrogen-bond donors (Lipinski definition) is 2. The van der Waals surface area contributed by atoms with Gasteiger partial charge >= 0.3 is 5.97 Å². The van der Waals surface area contributed by atoms with Crippen LogP contribution in [-0.2, 0) is 0 Å². The summed E-state index contributed by atoms with van der Waals surface area (Å²) in [4.78, 5) is 38.2. The number of amides is 2. The van der Waals surface area contributed by atoms with Crippen LogP contribution in [0.25, 0.3) is 0 Å². The highest BCUT2D eigenvalue weighted by Gasteiger charge is 2.24. The van der Waals surface area contributed by atoms with Crippen LogP contribution < -0.4 is 5.32 Å². The predicted molar refractivity (Wildman–Crippen MR) is 107 cm³/mol. The number of carboxylic acids is 1. The molecule has 2 amide bonds. The molecule has 2 aromatic carbocycles. The van der Waals surface area contributed by atoms with E-state index < -0.39 is 11.9 Å². The Hall–Kier alpha value is -3.15.